The van der Waals surface area contributed by atoms with Gasteiger partial charge in [0.05, 0.1) is 0 Å². The Balaban J connectivity index is 2.15. The number of benzene rings is 2. The minimum absolute atomic E-state index is 1.12. The van der Waals surface area contributed by atoms with Crippen molar-refractivity contribution in [3.05, 3.63) is 64.7 Å². The van der Waals surface area contributed by atoms with Crippen molar-refractivity contribution in [3.63, 3.8) is 0 Å². The average Bonchev–Trinajstić information content (AvgIpc) is 2.81. The summed E-state index contributed by atoms with van der Waals surface area (Å²) in [5.74, 6) is 0. The van der Waals surface area contributed by atoms with E-state index in [9.17, 15) is 0 Å². The molecule has 0 bridgehead atoms. The van der Waals surface area contributed by atoms with Crippen LogP contribution in [0, 0.1) is 6.92 Å². The Labute approximate surface area is 109 Å². The van der Waals surface area contributed by atoms with Crippen molar-refractivity contribution in [2.45, 2.75) is 26.7 Å². The van der Waals surface area contributed by atoms with Crippen LogP contribution in [0.2, 0.25) is 0 Å². The molecule has 0 heteroatoms. The second kappa shape index (κ2) is 4.45. The van der Waals surface area contributed by atoms with Crippen molar-refractivity contribution >= 4 is 6.08 Å². The fourth-order valence-corrected chi connectivity index (χ4v) is 2.77. The molecule has 0 fully saturated rings. The first-order valence-corrected chi connectivity index (χ1v) is 6.66. The molecule has 0 amide bonds. The van der Waals surface area contributed by atoms with Crippen molar-refractivity contribution in [1.29, 1.82) is 0 Å². The number of allylic oxidation sites excluding steroid dienone is 1. The topological polar surface area (TPSA) is 0 Å². The first kappa shape index (κ1) is 11.3. The number of aryl methyl sites for hydroxylation is 1. The highest BCUT2D eigenvalue weighted by molar-refractivity contribution is 5.78. The third-order valence-corrected chi connectivity index (χ3v) is 3.73. The van der Waals surface area contributed by atoms with E-state index in [0.29, 0.717) is 0 Å². The van der Waals surface area contributed by atoms with Crippen LogP contribution in [0.5, 0.6) is 0 Å². The molecule has 2 aromatic carbocycles. The molecule has 0 heterocycles. The van der Waals surface area contributed by atoms with E-state index in [0.717, 1.165) is 12.8 Å². The Morgan fingerprint density at radius 1 is 1.06 bits per heavy atom. The van der Waals surface area contributed by atoms with Crippen LogP contribution in [0.15, 0.2) is 48.0 Å². The van der Waals surface area contributed by atoms with E-state index in [-0.39, 0.29) is 0 Å². The quantitative estimate of drug-likeness (QED) is 0.685. The van der Waals surface area contributed by atoms with Gasteiger partial charge in [-0.25, -0.2) is 0 Å². The fourth-order valence-electron chi connectivity index (χ4n) is 2.77. The summed E-state index contributed by atoms with van der Waals surface area (Å²) in [6, 6.07) is 15.4. The molecule has 0 saturated carbocycles. The van der Waals surface area contributed by atoms with E-state index in [1.165, 1.54) is 27.8 Å². The predicted octanol–water partition coefficient (Wildman–Crippen LogP) is 5.01. The van der Waals surface area contributed by atoms with E-state index < -0.39 is 0 Å². The third-order valence-electron chi connectivity index (χ3n) is 3.73. The molecule has 1 aliphatic rings. The Morgan fingerprint density at radius 3 is 2.56 bits per heavy atom. The molecule has 0 spiro atoms. The molecule has 0 aromatic heterocycles. The van der Waals surface area contributed by atoms with E-state index in [4.69, 9.17) is 0 Å². The summed E-state index contributed by atoms with van der Waals surface area (Å²) in [7, 11) is 0. The molecule has 0 unspecified atom stereocenters. The number of rotatable bonds is 2. The van der Waals surface area contributed by atoms with Gasteiger partial charge in [-0.15, -0.1) is 0 Å². The molecule has 0 atom stereocenters. The Bertz CT molecular complexity index is 603. The summed E-state index contributed by atoms with van der Waals surface area (Å²) >= 11 is 0. The van der Waals surface area contributed by atoms with Crippen LogP contribution in [0.1, 0.15) is 30.0 Å². The van der Waals surface area contributed by atoms with Gasteiger partial charge in [0.1, 0.15) is 0 Å². The van der Waals surface area contributed by atoms with Crippen LogP contribution in [0.25, 0.3) is 17.2 Å². The van der Waals surface area contributed by atoms with Crippen molar-refractivity contribution in [1.82, 2.24) is 0 Å². The van der Waals surface area contributed by atoms with Gasteiger partial charge in [-0.2, -0.15) is 0 Å². The summed E-state index contributed by atoms with van der Waals surface area (Å²) < 4.78 is 0. The van der Waals surface area contributed by atoms with Crippen molar-refractivity contribution in [2.75, 3.05) is 0 Å². The van der Waals surface area contributed by atoms with Crippen LogP contribution in [0.4, 0.5) is 0 Å². The van der Waals surface area contributed by atoms with Gasteiger partial charge in [0.25, 0.3) is 0 Å². The third kappa shape index (κ3) is 1.88. The zero-order valence-corrected chi connectivity index (χ0v) is 11.0. The summed E-state index contributed by atoms with van der Waals surface area (Å²) in [5.41, 5.74) is 8.57. The van der Waals surface area contributed by atoms with E-state index >= 15 is 0 Å². The van der Waals surface area contributed by atoms with Gasteiger partial charge in [-0.1, -0.05) is 61.0 Å². The van der Waals surface area contributed by atoms with Crippen LogP contribution in [0.3, 0.4) is 0 Å². The van der Waals surface area contributed by atoms with Crippen LogP contribution in [-0.2, 0) is 6.42 Å². The zero-order valence-electron chi connectivity index (χ0n) is 11.0. The lowest BCUT2D eigenvalue weighted by Gasteiger charge is -2.11. The van der Waals surface area contributed by atoms with Crippen molar-refractivity contribution < 1.29 is 0 Å². The molecule has 0 aliphatic heterocycles. The highest BCUT2D eigenvalue weighted by Crippen LogP contribution is 2.35. The zero-order chi connectivity index (χ0) is 12.5. The molecule has 0 N–H and O–H groups in total. The summed E-state index contributed by atoms with van der Waals surface area (Å²) in [4.78, 5) is 0. The number of fused-ring (bicyclic) bond motifs is 1. The lowest BCUT2D eigenvalue weighted by Crippen LogP contribution is -1.91. The summed E-state index contributed by atoms with van der Waals surface area (Å²) in [5, 5.41) is 0. The molecular formula is C18H18. The normalized spacial score (nSPS) is 13.3. The van der Waals surface area contributed by atoms with E-state index in [1.807, 2.05) is 0 Å². The van der Waals surface area contributed by atoms with Crippen molar-refractivity contribution in [2.24, 2.45) is 0 Å². The van der Waals surface area contributed by atoms with Gasteiger partial charge in [-0.05, 0) is 47.6 Å². The van der Waals surface area contributed by atoms with Crippen molar-refractivity contribution in [3.8, 4) is 11.1 Å². The van der Waals surface area contributed by atoms with E-state index in [2.05, 4.69) is 62.4 Å². The van der Waals surface area contributed by atoms with Gasteiger partial charge in [-0.3, -0.25) is 0 Å². The molecule has 0 saturated heterocycles. The standard InChI is InChI=1S/C18H18/c1-3-14-11-16-9-13(2)10-17(18(16)12-14)15-7-5-4-6-8-15/h4-11H,3,12H2,1-2H3. The lowest BCUT2D eigenvalue weighted by molar-refractivity contribution is 1.04. The Hall–Kier alpha value is -1.82. The first-order chi connectivity index (χ1) is 8.78. The molecular weight excluding hydrogens is 216 g/mol. The van der Waals surface area contributed by atoms with Crippen LogP contribution >= 0.6 is 0 Å². The minimum Gasteiger partial charge on any atom is -0.0655 e. The SMILES string of the molecule is CCC1=Cc2cc(C)cc(-c3ccccc3)c2C1. The molecule has 0 nitrogen and oxygen atoms in total. The number of hydrogen-bond donors (Lipinski definition) is 0. The van der Waals surface area contributed by atoms with Gasteiger partial charge >= 0.3 is 0 Å². The molecule has 0 radical (unpaired) electrons. The Morgan fingerprint density at radius 2 is 1.83 bits per heavy atom. The number of hydrogen-bond acceptors (Lipinski definition) is 0. The van der Waals surface area contributed by atoms with Gasteiger partial charge < -0.3 is 0 Å². The van der Waals surface area contributed by atoms with Gasteiger partial charge in [0.2, 0.25) is 0 Å². The van der Waals surface area contributed by atoms with Crippen LogP contribution < -0.4 is 0 Å². The molecule has 90 valence electrons. The fraction of sp³-hybridized carbons (Fsp3) is 0.222. The maximum absolute atomic E-state index is 2.37. The van der Waals surface area contributed by atoms with E-state index in [1.54, 1.807) is 5.57 Å². The van der Waals surface area contributed by atoms with Crippen LogP contribution in [-0.4, -0.2) is 0 Å². The summed E-state index contributed by atoms with van der Waals surface area (Å²) in [6.07, 6.45) is 4.65. The molecule has 2 aromatic rings. The van der Waals surface area contributed by atoms with Gasteiger partial charge in [0.15, 0.2) is 0 Å². The molecule has 3 rings (SSSR count). The highest BCUT2D eigenvalue weighted by atomic mass is 14.2. The highest BCUT2D eigenvalue weighted by Gasteiger charge is 2.16. The molecule has 18 heavy (non-hydrogen) atoms. The minimum atomic E-state index is 1.12. The Kier molecular flexibility index (Phi) is 2.79. The summed E-state index contributed by atoms with van der Waals surface area (Å²) in [6.45, 7) is 4.43. The second-order valence-electron chi connectivity index (χ2n) is 5.08. The average molecular weight is 234 g/mol. The first-order valence-electron chi connectivity index (χ1n) is 6.66. The lowest BCUT2D eigenvalue weighted by atomic mass is 9.94. The molecule has 1 aliphatic carbocycles. The monoisotopic (exact) mass is 234 g/mol. The smallest absolute Gasteiger partial charge is 0.00518 e. The van der Waals surface area contributed by atoms with Gasteiger partial charge in [0, 0.05) is 0 Å². The predicted molar refractivity (Wildman–Crippen MR) is 78.6 cm³/mol. The maximum Gasteiger partial charge on any atom is -0.00518 e. The second-order valence-corrected chi connectivity index (χ2v) is 5.08. The largest absolute Gasteiger partial charge is 0.0655 e. The maximum atomic E-state index is 2.37.